The lowest BCUT2D eigenvalue weighted by Crippen LogP contribution is -2.51. The number of ether oxygens (including phenoxy) is 2. The van der Waals surface area contributed by atoms with E-state index >= 15 is 0 Å². The number of benzene rings is 1. The molecule has 9 heteroatoms. The van der Waals surface area contributed by atoms with Crippen molar-refractivity contribution in [1.29, 1.82) is 0 Å². The molecule has 0 saturated heterocycles. The molecule has 0 spiro atoms. The summed E-state index contributed by atoms with van der Waals surface area (Å²) in [5.41, 5.74) is 5.36. The lowest BCUT2D eigenvalue weighted by atomic mass is 10.0. The molecular formula is C15H23ClN2O5S. The summed E-state index contributed by atoms with van der Waals surface area (Å²) < 4.78 is 37.7. The Bertz CT molecular complexity index is 687. The molecule has 0 heterocycles. The average Bonchev–Trinajstić information content (AvgIpc) is 3.01. The van der Waals surface area contributed by atoms with E-state index in [1.807, 2.05) is 0 Å². The lowest BCUT2D eigenvalue weighted by Gasteiger charge is -2.28. The summed E-state index contributed by atoms with van der Waals surface area (Å²) >= 11 is 0. The summed E-state index contributed by atoms with van der Waals surface area (Å²) in [5.74, 6) is -0.444. The highest BCUT2D eigenvalue weighted by atomic mass is 35.5. The van der Waals surface area contributed by atoms with Gasteiger partial charge in [-0.3, -0.25) is 0 Å². The number of carbonyl (C=O) groups is 1. The molecule has 7 nitrogen and oxygen atoms in total. The zero-order chi connectivity index (χ0) is 17.1. The van der Waals surface area contributed by atoms with Crippen molar-refractivity contribution < 1.29 is 22.7 Å². The van der Waals surface area contributed by atoms with E-state index in [1.165, 1.54) is 32.4 Å². The van der Waals surface area contributed by atoms with Crippen LogP contribution in [0.25, 0.3) is 0 Å². The molecular weight excluding hydrogens is 356 g/mol. The monoisotopic (exact) mass is 378 g/mol. The highest BCUT2D eigenvalue weighted by Gasteiger charge is 2.37. The minimum atomic E-state index is -3.76. The Morgan fingerprint density at radius 2 is 1.92 bits per heavy atom. The van der Waals surface area contributed by atoms with Gasteiger partial charge in [0, 0.05) is 18.2 Å². The van der Waals surface area contributed by atoms with Crippen molar-refractivity contribution in [3.05, 3.63) is 23.8 Å². The molecule has 0 amide bonds. The van der Waals surface area contributed by atoms with E-state index in [2.05, 4.69) is 9.46 Å². The maximum absolute atomic E-state index is 12.6. The minimum absolute atomic E-state index is 0. The molecule has 24 heavy (non-hydrogen) atoms. The molecule has 0 unspecified atom stereocenters. The van der Waals surface area contributed by atoms with Crippen molar-refractivity contribution in [2.45, 2.75) is 36.1 Å². The SMILES string of the molecule is COC(=O)c1ccc(S(=O)(=O)NC2(CN)CCCC2)cc1OC.Cl. The van der Waals surface area contributed by atoms with Crippen molar-refractivity contribution in [2.24, 2.45) is 5.73 Å². The first-order valence-corrected chi connectivity index (χ1v) is 8.86. The first kappa shape index (κ1) is 20.7. The van der Waals surface area contributed by atoms with E-state index in [1.54, 1.807) is 0 Å². The predicted octanol–water partition coefficient (Wildman–Crippen LogP) is 1.45. The van der Waals surface area contributed by atoms with Crippen molar-refractivity contribution >= 4 is 28.4 Å². The van der Waals surface area contributed by atoms with Crippen LogP contribution in [0.15, 0.2) is 23.1 Å². The van der Waals surface area contributed by atoms with Crippen LogP contribution in [0.1, 0.15) is 36.0 Å². The fraction of sp³-hybridized carbons (Fsp3) is 0.533. The molecule has 0 bridgehead atoms. The van der Waals surface area contributed by atoms with Crippen molar-refractivity contribution in [3.63, 3.8) is 0 Å². The molecule has 1 fully saturated rings. The third-order valence-corrected chi connectivity index (χ3v) is 5.77. The molecule has 1 aliphatic carbocycles. The summed E-state index contributed by atoms with van der Waals surface area (Å²) in [6.07, 6.45) is 3.34. The van der Waals surface area contributed by atoms with Gasteiger partial charge in [-0.1, -0.05) is 12.8 Å². The molecule has 0 radical (unpaired) electrons. The molecule has 3 N–H and O–H groups in total. The average molecular weight is 379 g/mol. The van der Waals surface area contributed by atoms with Crippen molar-refractivity contribution in [3.8, 4) is 5.75 Å². The van der Waals surface area contributed by atoms with Crippen LogP contribution in [0, 0.1) is 0 Å². The first-order chi connectivity index (χ1) is 10.9. The third-order valence-electron chi connectivity index (χ3n) is 4.19. The van der Waals surface area contributed by atoms with E-state index in [9.17, 15) is 13.2 Å². The number of nitrogens with one attached hydrogen (secondary N) is 1. The van der Waals surface area contributed by atoms with E-state index in [-0.39, 0.29) is 35.2 Å². The Labute approximate surface area is 148 Å². The summed E-state index contributed by atoms with van der Waals surface area (Å²) in [6, 6.07) is 4.05. The predicted molar refractivity (Wildman–Crippen MR) is 92.2 cm³/mol. The van der Waals surface area contributed by atoms with Gasteiger partial charge in [-0.05, 0) is 25.0 Å². The Kier molecular flexibility index (Phi) is 7.03. The van der Waals surface area contributed by atoms with Crippen LogP contribution in [-0.2, 0) is 14.8 Å². The van der Waals surface area contributed by atoms with Gasteiger partial charge in [0.2, 0.25) is 10.0 Å². The quantitative estimate of drug-likeness (QED) is 0.725. The van der Waals surface area contributed by atoms with Gasteiger partial charge in [0.15, 0.2) is 0 Å². The number of rotatable bonds is 6. The first-order valence-electron chi connectivity index (χ1n) is 7.38. The van der Waals surface area contributed by atoms with Gasteiger partial charge in [0.25, 0.3) is 0 Å². The number of methoxy groups -OCH3 is 2. The summed E-state index contributed by atoms with van der Waals surface area (Å²) in [4.78, 5) is 11.7. The second-order valence-corrected chi connectivity index (χ2v) is 7.33. The van der Waals surface area contributed by atoms with Gasteiger partial charge in [-0.2, -0.15) is 0 Å². The van der Waals surface area contributed by atoms with Crippen molar-refractivity contribution in [2.75, 3.05) is 20.8 Å². The van der Waals surface area contributed by atoms with E-state index in [0.29, 0.717) is 0 Å². The molecule has 136 valence electrons. The topological polar surface area (TPSA) is 108 Å². The standard InChI is InChI=1S/C15H22N2O5S.ClH/c1-21-13-9-11(5-6-12(13)14(18)22-2)23(19,20)17-15(10-16)7-3-4-8-15;/h5-6,9,17H,3-4,7-8,10,16H2,1-2H3;1H. The molecule has 0 aliphatic heterocycles. The normalized spacial score (nSPS) is 16.3. The van der Waals surface area contributed by atoms with Crippen LogP contribution in [-0.4, -0.2) is 40.7 Å². The molecule has 1 aromatic carbocycles. The van der Waals surface area contributed by atoms with Gasteiger partial charge >= 0.3 is 5.97 Å². The molecule has 1 aliphatic rings. The molecule has 0 atom stereocenters. The van der Waals surface area contributed by atoms with E-state index < -0.39 is 21.5 Å². The second kappa shape index (κ2) is 8.15. The number of hydrogen-bond donors (Lipinski definition) is 2. The number of nitrogens with two attached hydrogens (primary N) is 1. The highest BCUT2D eigenvalue weighted by Crippen LogP contribution is 2.31. The Hall–Kier alpha value is -1.35. The van der Waals surface area contributed by atoms with Crippen LogP contribution in [0.2, 0.25) is 0 Å². The molecule has 1 saturated carbocycles. The van der Waals surface area contributed by atoms with Crippen LogP contribution in [0.4, 0.5) is 0 Å². The maximum Gasteiger partial charge on any atom is 0.341 e. The lowest BCUT2D eigenvalue weighted by molar-refractivity contribution is 0.0597. The van der Waals surface area contributed by atoms with Gasteiger partial charge < -0.3 is 15.2 Å². The largest absolute Gasteiger partial charge is 0.496 e. The second-order valence-electron chi connectivity index (χ2n) is 5.65. The Balaban J connectivity index is 0.00000288. The third kappa shape index (κ3) is 4.18. The number of sulfonamides is 1. The number of hydrogen-bond acceptors (Lipinski definition) is 6. The highest BCUT2D eigenvalue weighted by molar-refractivity contribution is 7.89. The smallest absolute Gasteiger partial charge is 0.341 e. The van der Waals surface area contributed by atoms with Crippen molar-refractivity contribution in [1.82, 2.24) is 4.72 Å². The van der Waals surface area contributed by atoms with Gasteiger partial charge in [-0.15, -0.1) is 12.4 Å². The van der Waals surface area contributed by atoms with Crippen LogP contribution in [0.5, 0.6) is 5.75 Å². The van der Waals surface area contributed by atoms with Gasteiger partial charge in [-0.25, -0.2) is 17.9 Å². The zero-order valence-electron chi connectivity index (χ0n) is 13.7. The fourth-order valence-electron chi connectivity index (χ4n) is 2.86. The summed E-state index contributed by atoms with van der Waals surface area (Å²) in [6.45, 7) is 0.254. The zero-order valence-corrected chi connectivity index (χ0v) is 15.3. The Morgan fingerprint density at radius 1 is 1.29 bits per heavy atom. The number of esters is 1. The fourth-order valence-corrected chi connectivity index (χ4v) is 4.35. The van der Waals surface area contributed by atoms with Gasteiger partial charge in [0.05, 0.1) is 19.1 Å². The number of carbonyl (C=O) groups excluding carboxylic acids is 1. The number of halogens is 1. The minimum Gasteiger partial charge on any atom is -0.496 e. The molecule has 2 rings (SSSR count). The van der Waals surface area contributed by atoms with Crippen LogP contribution >= 0.6 is 12.4 Å². The Morgan fingerprint density at radius 3 is 2.42 bits per heavy atom. The molecule has 0 aromatic heterocycles. The van der Waals surface area contributed by atoms with Crippen LogP contribution in [0.3, 0.4) is 0 Å². The van der Waals surface area contributed by atoms with E-state index in [0.717, 1.165) is 25.7 Å². The molecule has 1 aromatic rings. The van der Waals surface area contributed by atoms with Crippen LogP contribution < -0.4 is 15.2 Å². The van der Waals surface area contributed by atoms with Gasteiger partial charge in [0.1, 0.15) is 11.3 Å². The summed E-state index contributed by atoms with van der Waals surface area (Å²) in [7, 11) is -1.14. The van der Waals surface area contributed by atoms with E-state index in [4.69, 9.17) is 10.5 Å². The maximum atomic E-state index is 12.6. The summed E-state index contributed by atoms with van der Waals surface area (Å²) in [5, 5.41) is 0.